The molecule has 0 bridgehead atoms. The second-order valence-corrected chi connectivity index (χ2v) is 8.06. The molecule has 5 nitrogen and oxygen atoms in total. The third kappa shape index (κ3) is 6.61. The van der Waals surface area contributed by atoms with Crippen LogP contribution in [-0.2, 0) is 16.1 Å². The van der Waals surface area contributed by atoms with E-state index in [0.717, 1.165) is 28.7 Å². The van der Waals surface area contributed by atoms with Crippen molar-refractivity contribution in [2.45, 2.75) is 66.6 Å². The third-order valence-electron chi connectivity index (χ3n) is 5.30. The Bertz CT molecular complexity index is 878. The monoisotopic (exact) mass is 410 g/mol. The SMILES string of the molecule is CC[C@@H](C)NC(=O)[C@H](C)N(Cc1cccc(C)c1)C(=O)COc1cc(C)ccc1C. The number of rotatable bonds is 9. The van der Waals surface area contributed by atoms with Gasteiger partial charge in [-0.05, 0) is 63.8 Å². The van der Waals surface area contributed by atoms with E-state index in [1.807, 2.05) is 77.1 Å². The highest BCUT2D eigenvalue weighted by molar-refractivity contribution is 5.88. The molecule has 0 heterocycles. The van der Waals surface area contributed by atoms with Crippen molar-refractivity contribution in [1.29, 1.82) is 0 Å². The molecular formula is C25H34N2O3. The molecular weight excluding hydrogens is 376 g/mol. The van der Waals surface area contributed by atoms with Crippen LogP contribution in [0.4, 0.5) is 0 Å². The molecule has 1 N–H and O–H groups in total. The van der Waals surface area contributed by atoms with Crippen LogP contribution in [0.1, 0.15) is 49.4 Å². The third-order valence-corrected chi connectivity index (χ3v) is 5.30. The fourth-order valence-electron chi connectivity index (χ4n) is 3.14. The predicted octanol–water partition coefficient (Wildman–Crippen LogP) is 4.32. The van der Waals surface area contributed by atoms with Crippen LogP contribution in [-0.4, -0.2) is 35.4 Å². The molecule has 5 heteroatoms. The van der Waals surface area contributed by atoms with Crippen molar-refractivity contribution < 1.29 is 14.3 Å². The van der Waals surface area contributed by atoms with Crippen molar-refractivity contribution in [1.82, 2.24) is 10.2 Å². The number of aryl methyl sites for hydroxylation is 3. The Morgan fingerprint density at radius 1 is 1.03 bits per heavy atom. The first-order valence-corrected chi connectivity index (χ1v) is 10.6. The van der Waals surface area contributed by atoms with Gasteiger partial charge in [0.05, 0.1) is 0 Å². The number of ether oxygens (including phenoxy) is 1. The smallest absolute Gasteiger partial charge is 0.261 e. The summed E-state index contributed by atoms with van der Waals surface area (Å²) in [5.41, 5.74) is 4.14. The molecule has 0 aliphatic heterocycles. The van der Waals surface area contributed by atoms with E-state index in [9.17, 15) is 9.59 Å². The van der Waals surface area contributed by atoms with Gasteiger partial charge in [0.15, 0.2) is 6.61 Å². The number of carbonyl (C=O) groups excluding carboxylic acids is 2. The topological polar surface area (TPSA) is 58.6 Å². The van der Waals surface area contributed by atoms with Crippen molar-refractivity contribution in [2.75, 3.05) is 6.61 Å². The molecule has 2 aromatic carbocycles. The van der Waals surface area contributed by atoms with Crippen molar-refractivity contribution >= 4 is 11.8 Å². The van der Waals surface area contributed by atoms with Gasteiger partial charge in [-0.2, -0.15) is 0 Å². The molecule has 0 saturated carbocycles. The highest BCUT2D eigenvalue weighted by Crippen LogP contribution is 2.20. The number of benzene rings is 2. The standard InChI is InChI=1S/C25H34N2O3/c1-7-20(5)26-25(29)21(6)27(15-22-10-8-9-17(2)13-22)24(28)16-30-23-14-18(3)11-12-19(23)4/h8-14,20-21H,7,15-16H2,1-6H3,(H,26,29)/t20-,21+/m1/s1. The zero-order chi connectivity index (χ0) is 22.3. The fourth-order valence-corrected chi connectivity index (χ4v) is 3.14. The minimum Gasteiger partial charge on any atom is -0.483 e. The van der Waals surface area contributed by atoms with Crippen molar-refractivity contribution in [3.05, 3.63) is 64.7 Å². The van der Waals surface area contributed by atoms with Crippen molar-refractivity contribution in [3.63, 3.8) is 0 Å². The Morgan fingerprint density at radius 3 is 2.40 bits per heavy atom. The van der Waals surface area contributed by atoms with Gasteiger partial charge in [0.25, 0.3) is 5.91 Å². The zero-order valence-corrected chi connectivity index (χ0v) is 19.0. The highest BCUT2D eigenvalue weighted by atomic mass is 16.5. The normalized spacial score (nSPS) is 12.7. The van der Waals surface area contributed by atoms with Crippen molar-refractivity contribution in [2.24, 2.45) is 0 Å². The summed E-state index contributed by atoms with van der Waals surface area (Å²) >= 11 is 0. The first-order chi connectivity index (χ1) is 14.2. The Morgan fingerprint density at radius 2 is 1.73 bits per heavy atom. The molecule has 2 atom stereocenters. The Kier molecular flexibility index (Phi) is 8.46. The van der Waals surface area contributed by atoms with Crippen LogP contribution in [0.25, 0.3) is 0 Å². The van der Waals surface area contributed by atoms with Crippen LogP contribution in [0.2, 0.25) is 0 Å². The predicted molar refractivity (Wildman–Crippen MR) is 120 cm³/mol. The first kappa shape index (κ1) is 23.5. The van der Waals surface area contributed by atoms with Gasteiger partial charge >= 0.3 is 0 Å². The number of amides is 2. The number of hydrogen-bond donors (Lipinski definition) is 1. The van der Waals surface area contributed by atoms with Crippen LogP contribution in [0.15, 0.2) is 42.5 Å². The van der Waals surface area contributed by atoms with E-state index in [1.165, 1.54) is 0 Å². The Labute approximate surface area is 180 Å². The molecule has 0 radical (unpaired) electrons. The summed E-state index contributed by atoms with van der Waals surface area (Å²) in [5.74, 6) is 0.317. The van der Waals surface area contributed by atoms with E-state index >= 15 is 0 Å². The summed E-state index contributed by atoms with van der Waals surface area (Å²) in [6, 6.07) is 13.3. The number of hydrogen-bond acceptors (Lipinski definition) is 3. The van der Waals surface area contributed by atoms with Gasteiger partial charge in [0.1, 0.15) is 11.8 Å². The number of nitrogens with one attached hydrogen (secondary N) is 1. The maximum atomic E-state index is 13.1. The summed E-state index contributed by atoms with van der Waals surface area (Å²) in [4.78, 5) is 27.5. The van der Waals surface area contributed by atoms with Gasteiger partial charge in [0, 0.05) is 12.6 Å². The molecule has 2 rings (SSSR count). The van der Waals surface area contributed by atoms with E-state index in [-0.39, 0.29) is 24.5 Å². The second kappa shape index (κ2) is 10.8. The Hall–Kier alpha value is -2.82. The van der Waals surface area contributed by atoms with Crippen LogP contribution in [0.5, 0.6) is 5.75 Å². The maximum Gasteiger partial charge on any atom is 0.261 e. The molecule has 2 aromatic rings. The van der Waals surface area contributed by atoms with E-state index in [0.29, 0.717) is 12.3 Å². The van der Waals surface area contributed by atoms with E-state index in [4.69, 9.17) is 4.74 Å². The molecule has 0 fully saturated rings. The lowest BCUT2D eigenvalue weighted by Gasteiger charge is -2.29. The minimum absolute atomic E-state index is 0.0575. The maximum absolute atomic E-state index is 13.1. The fraction of sp³-hybridized carbons (Fsp3) is 0.440. The van der Waals surface area contributed by atoms with Gasteiger partial charge in [-0.25, -0.2) is 0 Å². The summed E-state index contributed by atoms with van der Waals surface area (Å²) in [6.45, 7) is 11.9. The molecule has 0 aliphatic rings. The van der Waals surface area contributed by atoms with Crippen molar-refractivity contribution in [3.8, 4) is 5.75 Å². The molecule has 0 spiro atoms. The molecule has 162 valence electrons. The lowest BCUT2D eigenvalue weighted by molar-refractivity contribution is -0.142. The highest BCUT2D eigenvalue weighted by Gasteiger charge is 2.27. The van der Waals surface area contributed by atoms with Crippen LogP contribution in [0, 0.1) is 20.8 Å². The number of carbonyl (C=O) groups is 2. The van der Waals surface area contributed by atoms with Crippen LogP contribution >= 0.6 is 0 Å². The average Bonchev–Trinajstić information content (AvgIpc) is 2.71. The second-order valence-electron chi connectivity index (χ2n) is 8.06. The molecule has 0 saturated heterocycles. The van der Waals surface area contributed by atoms with E-state index in [1.54, 1.807) is 11.8 Å². The molecule has 2 amide bonds. The summed E-state index contributed by atoms with van der Waals surface area (Å²) < 4.78 is 5.83. The van der Waals surface area contributed by atoms with Gasteiger partial charge in [-0.15, -0.1) is 0 Å². The molecule has 30 heavy (non-hydrogen) atoms. The van der Waals surface area contributed by atoms with Gasteiger partial charge in [-0.1, -0.05) is 48.9 Å². The lowest BCUT2D eigenvalue weighted by atomic mass is 10.1. The van der Waals surface area contributed by atoms with E-state index in [2.05, 4.69) is 5.32 Å². The van der Waals surface area contributed by atoms with Crippen LogP contribution < -0.4 is 10.1 Å². The first-order valence-electron chi connectivity index (χ1n) is 10.6. The average molecular weight is 411 g/mol. The van der Waals surface area contributed by atoms with Gasteiger partial charge in [0.2, 0.25) is 5.91 Å². The summed E-state index contributed by atoms with van der Waals surface area (Å²) in [7, 11) is 0. The van der Waals surface area contributed by atoms with Gasteiger partial charge < -0.3 is 15.0 Å². The minimum atomic E-state index is -0.603. The summed E-state index contributed by atoms with van der Waals surface area (Å²) in [5, 5.41) is 2.98. The van der Waals surface area contributed by atoms with E-state index < -0.39 is 6.04 Å². The largest absolute Gasteiger partial charge is 0.483 e. The molecule has 0 aliphatic carbocycles. The molecule has 0 unspecified atom stereocenters. The quantitative estimate of drug-likeness (QED) is 0.670. The summed E-state index contributed by atoms with van der Waals surface area (Å²) in [6.07, 6.45) is 0.833. The van der Waals surface area contributed by atoms with Crippen LogP contribution in [0.3, 0.4) is 0 Å². The zero-order valence-electron chi connectivity index (χ0n) is 19.0. The number of nitrogens with zero attached hydrogens (tertiary/aromatic N) is 1. The molecule has 0 aromatic heterocycles. The Balaban J connectivity index is 2.19. The van der Waals surface area contributed by atoms with Gasteiger partial charge in [-0.3, -0.25) is 9.59 Å². The lowest BCUT2D eigenvalue weighted by Crippen LogP contribution is -2.50.